The van der Waals surface area contributed by atoms with E-state index in [0.29, 0.717) is 12.4 Å². The van der Waals surface area contributed by atoms with Crippen molar-refractivity contribution in [2.45, 2.75) is 6.42 Å². The summed E-state index contributed by atoms with van der Waals surface area (Å²) >= 11 is 0. The van der Waals surface area contributed by atoms with E-state index in [2.05, 4.69) is 20.6 Å². The van der Waals surface area contributed by atoms with E-state index in [1.807, 2.05) is 54.6 Å². The Kier molecular flexibility index (Phi) is 5.77. The average Bonchev–Trinajstić information content (AvgIpc) is 2.69. The van der Waals surface area contributed by atoms with Crippen LogP contribution in [0.25, 0.3) is 0 Å². The number of ether oxygens (including phenoxy) is 1. The first-order valence-corrected chi connectivity index (χ1v) is 8.30. The Hall–Kier alpha value is -3.41. The number of hydrogen-bond acceptors (Lipinski definition) is 5. The molecule has 0 radical (unpaired) electrons. The van der Waals surface area contributed by atoms with Gasteiger partial charge in [0.05, 0.1) is 19.5 Å². The van der Waals surface area contributed by atoms with Crippen LogP contribution in [-0.2, 0) is 6.42 Å². The molecule has 0 aliphatic heterocycles. The van der Waals surface area contributed by atoms with Crippen LogP contribution in [0.5, 0.6) is 5.75 Å². The Morgan fingerprint density at radius 3 is 2.50 bits per heavy atom. The molecule has 0 atom stereocenters. The van der Waals surface area contributed by atoms with Crippen molar-refractivity contribution in [1.29, 1.82) is 0 Å². The highest BCUT2D eigenvalue weighted by Crippen LogP contribution is 2.17. The number of carbonyl (C=O) groups is 1. The van der Waals surface area contributed by atoms with Crippen molar-refractivity contribution >= 4 is 17.4 Å². The number of hydrogen-bond donors (Lipinski definition) is 2. The monoisotopic (exact) mass is 348 g/mol. The number of aromatic nitrogens is 2. The van der Waals surface area contributed by atoms with Crippen LogP contribution in [0.4, 0.5) is 11.5 Å². The molecular weight excluding hydrogens is 328 g/mol. The van der Waals surface area contributed by atoms with Gasteiger partial charge in [-0.05, 0) is 30.2 Å². The highest BCUT2D eigenvalue weighted by molar-refractivity contribution is 6.02. The molecule has 0 fully saturated rings. The van der Waals surface area contributed by atoms with Gasteiger partial charge in [-0.2, -0.15) is 0 Å². The molecule has 2 N–H and O–H groups in total. The van der Waals surface area contributed by atoms with Crippen LogP contribution in [0.1, 0.15) is 16.1 Å². The summed E-state index contributed by atoms with van der Waals surface area (Å²) < 4.78 is 5.34. The van der Waals surface area contributed by atoms with Gasteiger partial charge >= 0.3 is 0 Å². The lowest BCUT2D eigenvalue weighted by Crippen LogP contribution is -2.15. The van der Waals surface area contributed by atoms with Gasteiger partial charge in [-0.25, -0.2) is 9.97 Å². The highest BCUT2D eigenvalue weighted by Gasteiger charge is 2.08. The Bertz CT molecular complexity index is 851. The summed E-state index contributed by atoms with van der Waals surface area (Å²) in [7, 11) is 1.66. The Morgan fingerprint density at radius 1 is 1.00 bits per heavy atom. The van der Waals surface area contributed by atoms with E-state index in [9.17, 15) is 4.79 Å². The lowest BCUT2D eigenvalue weighted by Gasteiger charge is -2.09. The average molecular weight is 348 g/mol. The summed E-state index contributed by atoms with van der Waals surface area (Å²) in [5.41, 5.74) is 2.11. The Balaban J connectivity index is 1.53. The molecule has 0 unspecified atom stereocenters. The summed E-state index contributed by atoms with van der Waals surface area (Å²) in [4.78, 5) is 20.6. The maximum atomic E-state index is 12.1. The van der Waals surface area contributed by atoms with E-state index in [4.69, 9.17) is 4.74 Å². The zero-order chi connectivity index (χ0) is 18.2. The fourth-order valence-corrected chi connectivity index (χ4v) is 2.49. The topological polar surface area (TPSA) is 76.1 Å². The normalized spacial score (nSPS) is 10.2. The van der Waals surface area contributed by atoms with Crippen LogP contribution in [0.2, 0.25) is 0 Å². The van der Waals surface area contributed by atoms with E-state index in [-0.39, 0.29) is 11.6 Å². The molecule has 0 aliphatic carbocycles. The standard InChI is InChI=1S/C20H20N4O2/c1-26-18-10-6-5-7-15(18)11-12-21-19-14-22-17(13-23-19)20(25)24-16-8-3-2-4-9-16/h2-10,13-14H,11-12H2,1H3,(H,21,23)(H,24,25). The summed E-state index contributed by atoms with van der Waals surface area (Å²) in [5, 5.41) is 5.98. The second-order valence-electron chi connectivity index (χ2n) is 5.60. The Labute approximate surface area is 152 Å². The van der Waals surface area contributed by atoms with E-state index >= 15 is 0 Å². The van der Waals surface area contributed by atoms with Gasteiger partial charge in [-0.3, -0.25) is 4.79 Å². The number of carbonyl (C=O) groups excluding carboxylic acids is 1. The minimum absolute atomic E-state index is 0.268. The van der Waals surface area contributed by atoms with E-state index in [1.54, 1.807) is 13.3 Å². The largest absolute Gasteiger partial charge is 0.496 e. The Morgan fingerprint density at radius 2 is 1.77 bits per heavy atom. The number of anilines is 2. The van der Waals surface area contributed by atoms with Crippen molar-refractivity contribution in [1.82, 2.24) is 9.97 Å². The van der Waals surface area contributed by atoms with Gasteiger partial charge < -0.3 is 15.4 Å². The molecule has 3 aromatic rings. The molecule has 132 valence electrons. The van der Waals surface area contributed by atoms with Crippen molar-refractivity contribution < 1.29 is 9.53 Å². The number of para-hydroxylation sites is 2. The number of nitrogens with zero attached hydrogens (tertiary/aromatic N) is 2. The first-order chi connectivity index (χ1) is 12.8. The molecule has 1 heterocycles. The van der Waals surface area contributed by atoms with Gasteiger partial charge in [0.25, 0.3) is 5.91 Å². The van der Waals surface area contributed by atoms with Crippen LogP contribution < -0.4 is 15.4 Å². The number of benzene rings is 2. The second kappa shape index (κ2) is 8.62. The molecule has 0 aliphatic rings. The van der Waals surface area contributed by atoms with Crippen LogP contribution >= 0.6 is 0 Å². The molecule has 26 heavy (non-hydrogen) atoms. The molecule has 6 nitrogen and oxygen atoms in total. The van der Waals surface area contributed by atoms with Gasteiger partial charge in [0.2, 0.25) is 0 Å². The predicted octanol–water partition coefficient (Wildman–Crippen LogP) is 3.39. The number of methoxy groups -OCH3 is 1. The maximum absolute atomic E-state index is 12.1. The maximum Gasteiger partial charge on any atom is 0.275 e. The fraction of sp³-hybridized carbons (Fsp3) is 0.150. The summed E-state index contributed by atoms with van der Waals surface area (Å²) in [6.07, 6.45) is 3.81. The second-order valence-corrected chi connectivity index (χ2v) is 5.60. The van der Waals surface area contributed by atoms with Crippen molar-refractivity contribution in [2.75, 3.05) is 24.3 Å². The molecular formula is C20H20N4O2. The highest BCUT2D eigenvalue weighted by atomic mass is 16.5. The van der Waals surface area contributed by atoms with Crippen molar-refractivity contribution in [3.63, 3.8) is 0 Å². The molecule has 0 spiro atoms. The minimum atomic E-state index is -0.288. The lowest BCUT2D eigenvalue weighted by atomic mass is 10.1. The van der Waals surface area contributed by atoms with Crippen LogP contribution in [0.3, 0.4) is 0 Å². The summed E-state index contributed by atoms with van der Waals surface area (Å²) in [6, 6.07) is 17.1. The van der Waals surface area contributed by atoms with Gasteiger partial charge in [0.15, 0.2) is 0 Å². The first kappa shape index (κ1) is 17.4. The molecule has 1 aromatic heterocycles. The van der Waals surface area contributed by atoms with Crippen LogP contribution in [-0.4, -0.2) is 29.5 Å². The number of nitrogens with one attached hydrogen (secondary N) is 2. The quantitative estimate of drug-likeness (QED) is 0.684. The van der Waals surface area contributed by atoms with E-state index < -0.39 is 0 Å². The molecule has 2 aromatic carbocycles. The molecule has 6 heteroatoms. The van der Waals surface area contributed by atoms with Gasteiger partial charge in [0, 0.05) is 12.2 Å². The van der Waals surface area contributed by atoms with Crippen molar-refractivity contribution in [3.8, 4) is 5.75 Å². The third-order valence-corrected chi connectivity index (χ3v) is 3.81. The van der Waals surface area contributed by atoms with Crippen LogP contribution in [0, 0.1) is 0 Å². The van der Waals surface area contributed by atoms with E-state index in [0.717, 1.165) is 23.4 Å². The molecule has 0 saturated carbocycles. The SMILES string of the molecule is COc1ccccc1CCNc1cnc(C(=O)Nc2ccccc2)cn1. The molecule has 0 bridgehead atoms. The number of rotatable bonds is 7. The van der Waals surface area contributed by atoms with Crippen molar-refractivity contribution in [2.24, 2.45) is 0 Å². The van der Waals surface area contributed by atoms with Gasteiger partial charge in [-0.1, -0.05) is 36.4 Å². The lowest BCUT2D eigenvalue weighted by molar-refractivity contribution is 0.102. The van der Waals surface area contributed by atoms with Gasteiger partial charge in [-0.15, -0.1) is 0 Å². The third kappa shape index (κ3) is 4.57. The fourth-order valence-electron chi connectivity index (χ4n) is 2.49. The van der Waals surface area contributed by atoms with Crippen molar-refractivity contribution in [3.05, 3.63) is 78.2 Å². The number of amides is 1. The predicted molar refractivity (Wildman–Crippen MR) is 102 cm³/mol. The zero-order valence-corrected chi connectivity index (χ0v) is 14.5. The third-order valence-electron chi connectivity index (χ3n) is 3.81. The molecule has 3 rings (SSSR count). The minimum Gasteiger partial charge on any atom is -0.496 e. The molecule has 0 saturated heterocycles. The van der Waals surface area contributed by atoms with Crippen LogP contribution in [0.15, 0.2) is 67.0 Å². The summed E-state index contributed by atoms with van der Waals surface area (Å²) in [5.74, 6) is 1.20. The smallest absolute Gasteiger partial charge is 0.275 e. The van der Waals surface area contributed by atoms with E-state index in [1.165, 1.54) is 6.20 Å². The molecule has 1 amide bonds. The first-order valence-electron chi connectivity index (χ1n) is 8.30. The zero-order valence-electron chi connectivity index (χ0n) is 14.5. The van der Waals surface area contributed by atoms with Gasteiger partial charge in [0.1, 0.15) is 17.3 Å². The summed E-state index contributed by atoms with van der Waals surface area (Å²) in [6.45, 7) is 0.685.